The van der Waals surface area contributed by atoms with E-state index in [0.717, 1.165) is 23.0 Å². The molecule has 0 saturated carbocycles. The van der Waals surface area contributed by atoms with Crippen molar-refractivity contribution in [1.29, 1.82) is 0 Å². The molecule has 2 aromatic rings. The van der Waals surface area contributed by atoms with Crippen LogP contribution in [0.2, 0.25) is 5.02 Å². The Kier molecular flexibility index (Phi) is 3.82. The van der Waals surface area contributed by atoms with E-state index >= 15 is 0 Å². The van der Waals surface area contributed by atoms with E-state index in [1.807, 2.05) is 31.2 Å². The Morgan fingerprint density at radius 1 is 1.41 bits per heavy atom. The summed E-state index contributed by atoms with van der Waals surface area (Å²) in [5.74, 6) is 0. The fourth-order valence-electron chi connectivity index (χ4n) is 1.74. The maximum atomic E-state index is 9.20. The van der Waals surface area contributed by atoms with Crippen molar-refractivity contribution < 1.29 is 5.11 Å². The summed E-state index contributed by atoms with van der Waals surface area (Å²) in [6, 6.07) is 7.60. The maximum Gasteiger partial charge on any atom is 0.0737 e. The van der Waals surface area contributed by atoms with Crippen LogP contribution < -0.4 is 5.32 Å². The van der Waals surface area contributed by atoms with Gasteiger partial charge in [0.15, 0.2) is 0 Å². The molecule has 0 amide bonds. The third-order valence-electron chi connectivity index (χ3n) is 2.78. The molecule has 90 valence electrons. The second-order valence-corrected chi connectivity index (χ2v) is 4.39. The van der Waals surface area contributed by atoms with E-state index in [0.29, 0.717) is 5.02 Å². The van der Waals surface area contributed by atoms with Crippen LogP contribution >= 0.6 is 11.6 Å². The van der Waals surface area contributed by atoms with Crippen molar-refractivity contribution in [2.45, 2.75) is 19.4 Å². The zero-order valence-corrected chi connectivity index (χ0v) is 10.4. The molecule has 0 radical (unpaired) electrons. The van der Waals surface area contributed by atoms with Crippen molar-refractivity contribution in [2.24, 2.45) is 0 Å². The molecule has 17 heavy (non-hydrogen) atoms. The Bertz CT molecular complexity index is 512. The first kappa shape index (κ1) is 12.1. The van der Waals surface area contributed by atoms with Gasteiger partial charge in [-0.3, -0.25) is 4.98 Å². The van der Waals surface area contributed by atoms with E-state index in [1.165, 1.54) is 0 Å². The van der Waals surface area contributed by atoms with Crippen LogP contribution in [0.15, 0.2) is 30.5 Å². The third kappa shape index (κ3) is 2.68. The second kappa shape index (κ2) is 5.34. The van der Waals surface area contributed by atoms with Gasteiger partial charge in [0.25, 0.3) is 0 Å². The summed E-state index contributed by atoms with van der Waals surface area (Å²) in [4.78, 5) is 4.27. The number of aliphatic hydroxyl groups is 1. The molecule has 3 nitrogen and oxygen atoms in total. The number of aromatic nitrogens is 1. The second-order valence-electron chi connectivity index (χ2n) is 3.95. The van der Waals surface area contributed by atoms with Crippen molar-refractivity contribution >= 4 is 28.2 Å². The highest BCUT2D eigenvalue weighted by Crippen LogP contribution is 2.25. The van der Waals surface area contributed by atoms with E-state index in [4.69, 9.17) is 11.6 Å². The minimum atomic E-state index is 0.0660. The number of anilines is 1. The summed E-state index contributed by atoms with van der Waals surface area (Å²) in [5, 5.41) is 14.2. The van der Waals surface area contributed by atoms with Crippen molar-refractivity contribution in [1.82, 2.24) is 4.98 Å². The predicted octanol–water partition coefficient (Wildman–Crippen LogP) is 3.07. The fraction of sp³-hybridized carbons (Fsp3) is 0.308. The summed E-state index contributed by atoms with van der Waals surface area (Å²) in [5.41, 5.74) is 1.84. The van der Waals surface area contributed by atoms with E-state index in [1.54, 1.807) is 6.20 Å². The van der Waals surface area contributed by atoms with Gasteiger partial charge in [-0.25, -0.2) is 0 Å². The molecule has 1 atom stereocenters. The van der Waals surface area contributed by atoms with Gasteiger partial charge in [-0.1, -0.05) is 18.5 Å². The molecule has 0 aliphatic carbocycles. The lowest BCUT2D eigenvalue weighted by Gasteiger charge is -2.16. The maximum absolute atomic E-state index is 9.20. The number of nitrogens with one attached hydrogen (secondary N) is 1. The largest absolute Gasteiger partial charge is 0.394 e. The summed E-state index contributed by atoms with van der Waals surface area (Å²) < 4.78 is 0. The molecule has 0 aliphatic rings. The number of pyridine rings is 1. The van der Waals surface area contributed by atoms with Crippen LogP contribution in [0.3, 0.4) is 0 Å². The highest BCUT2D eigenvalue weighted by Gasteiger charge is 2.07. The van der Waals surface area contributed by atoms with Gasteiger partial charge >= 0.3 is 0 Å². The number of benzene rings is 1. The molecular weight excluding hydrogens is 236 g/mol. The van der Waals surface area contributed by atoms with E-state index in [2.05, 4.69) is 10.3 Å². The van der Waals surface area contributed by atoms with Crippen LogP contribution in [0.5, 0.6) is 0 Å². The van der Waals surface area contributed by atoms with E-state index < -0.39 is 0 Å². The molecule has 4 heteroatoms. The van der Waals surface area contributed by atoms with Crippen LogP contribution in [0.4, 0.5) is 5.69 Å². The van der Waals surface area contributed by atoms with Gasteiger partial charge in [0.05, 0.1) is 12.1 Å². The number of hydrogen-bond acceptors (Lipinski definition) is 3. The summed E-state index contributed by atoms with van der Waals surface area (Å²) >= 11 is 5.93. The summed E-state index contributed by atoms with van der Waals surface area (Å²) in [7, 11) is 0. The van der Waals surface area contributed by atoms with Crippen molar-refractivity contribution in [3.05, 3.63) is 35.5 Å². The van der Waals surface area contributed by atoms with Gasteiger partial charge in [-0.2, -0.15) is 0 Å². The van der Waals surface area contributed by atoms with Gasteiger partial charge in [0, 0.05) is 28.3 Å². The Labute approximate surface area is 105 Å². The normalized spacial score (nSPS) is 12.6. The molecular formula is C13H15ClN2O. The number of nitrogens with zero attached hydrogens (tertiary/aromatic N) is 1. The van der Waals surface area contributed by atoms with E-state index in [9.17, 15) is 5.11 Å². The molecule has 1 aromatic heterocycles. The lowest BCUT2D eigenvalue weighted by molar-refractivity contribution is 0.272. The van der Waals surface area contributed by atoms with E-state index in [-0.39, 0.29) is 12.6 Å². The first-order chi connectivity index (χ1) is 8.24. The molecule has 1 heterocycles. The van der Waals surface area contributed by atoms with Crippen LogP contribution in [0, 0.1) is 0 Å². The molecule has 0 aliphatic heterocycles. The Hall–Kier alpha value is -1.32. The van der Waals surface area contributed by atoms with Crippen LogP contribution in [0.25, 0.3) is 10.9 Å². The number of hydrogen-bond donors (Lipinski definition) is 2. The van der Waals surface area contributed by atoms with Crippen LogP contribution in [-0.4, -0.2) is 22.7 Å². The standard InChI is InChI=1S/C13H15ClN2O/c1-2-10(8-17)16-12-5-6-15-13-7-9(14)3-4-11(12)13/h3-7,10,17H,2,8H2,1H3,(H,15,16)/t10-/m0/s1. The first-order valence-corrected chi connectivity index (χ1v) is 6.04. The average molecular weight is 251 g/mol. The minimum absolute atomic E-state index is 0.0660. The number of rotatable bonds is 4. The smallest absolute Gasteiger partial charge is 0.0737 e. The van der Waals surface area contributed by atoms with Gasteiger partial charge in [-0.15, -0.1) is 0 Å². The molecule has 0 bridgehead atoms. The Morgan fingerprint density at radius 2 is 2.24 bits per heavy atom. The van der Waals surface area contributed by atoms with Crippen LogP contribution in [-0.2, 0) is 0 Å². The SMILES string of the molecule is CC[C@@H](CO)Nc1ccnc2cc(Cl)ccc12. The van der Waals surface area contributed by atoms with Crippen molar-refractivity contribution in [3.8, 4) is 0 Å². The average Bonchev–Trinajstić information content (AvgIpc) is 2.35. The third-order valence-corrected chi connectivity index (χ3v) is 3.01. The molecule has 2 rings (SSSR count). The molecule has 0 saturated heterocycles. The number of fused-ring (bicyclic) bond motifs is 1. The first-order valence-electron chi connectivity index (χ1n) is 5.66. The number of halogens is 1. The van der Waals surface area contributed by atoms with Gasteiger partial charge < -0.3 is 10.4 Å². The lowest BCUT2D eigenvalue weighted by atomic mass is 10.1. The number of aliphatic hydroxyl groups excluding tert-OH is 1. The topological polar surface area (TPSA) is 45.1 Å². The molecule has 0 unspecified atom stereocenters. The highest BCUT2D eigenvalue weighted by atomic mass is 35.5. The molecule has 2 N–H and O–H groups in total. The Morgan fingerprint density at radius 3 is 2.94 bits per heavy atom. The van der Waals surface area contributed by atoms with Gasteiger partial charge in [0.1, 0.15) is 0 Å². The van der Waals surface area contributed by atoms with Crippen molar-refractivity contribution in [2.75, 3.05) is 11.9 Å². The van der Waals surface area contributed by atoms with Gasteiger partial charge in [0.2, 0.25) is 0 Å². The zero-order chi connectivity index (χ0) is 12.3. The monoisotopic (exact) mass is 250 g/mol. The van der Waals surface area contributed by atoms with Crippen LogP contribution in [0.1, 0.15) is 13.3 Å². The quantitative estimate of drug-likeness (QED) is 0.877. The molecule has 0 fully saturated rings. The molecule has 0 spiro atoms. The summed E-state index contributed by atoms with van der Waals surface area (Å²) in [6.07, 6.45) is 2.61. The minimum Gasteiger partial charge on any atom is -0.394 e. The molecule has 1 aromatic carbocycles. The lowest BCUT2D eigenvalue weighted by Crippen LogP contribution is -2.22. The predicted molar refractivity (Wildman–Crippen MR) is 71.5 cm³/mol. The highest BCUT2D eigenvalue weighted by molar-refractivity contribution is 6.31. The fourth-order valence-corrected chi connectivity index (χ4v) is 1.91. The Balaban J connectivity index is 2.40. The van der Waals surface area contributed by atoms with Gasteiger partial charge in [-0.05, 0) is 30.7 Å². The zero-order valence-electron chi connectivity index (χ0n) is 9.65. The van der Waals surface area contributed by atoms with Crippen molar-refractivity contribution in [3.63, 3.8) is 0 Å². The summed E-state index contributed by atoms with van der Waals surface area (Å²) in [6.45, 7) is 2.15.